The van der Waals surface area contributed by atoms with Crippen molar-refractivity contribution in [1.82, 2.24) is 0 Å². The molecule has 0 N–H and O–H groups in total. The van der Waals surface area contributed by atoms with Crippen LogP contribution >= 0.6 is 0 Å². The lowest BCUT2D eigenvalue weighted by atomic mass is 10.0. The molecule has 19 heavy (non-hydrogen) atoms. The number of benzene rings is 1. The van der Waals surface area contributed by atoms with Crippen LogP contribution in [0.1, 0.15) is 64.5 Å². The Morgan fingerprint density at radius 3 is 2.47 bits per heavy atom. The van der Waals surface area contributed by atoms with Crippen molar-refractivity contribution in [3.05, 3.63) is 41.5 Å². The predicted molar refractivity (Wildman–Crippen MR) is 84.5 cm³/mol. The molecule has 0 fully saturated rings. The fraction of sp³-hybridized carbons (Fsp3) is 0.556. The van der Waals surface area contributed by atoms with Crippen molar-refractivity contribution in [2.24, 2.45) is 0 Å². The lowest BCUT2D eigenvalue weighted by Crippen LogP contribution is -2.13. The van der Waals surface area contributed by atoms with Crippen molar-refractivity contribution in [1.29, 1.82) is 0 Å². The molecule has 1 rings (SSSR count). The van der Waals surface area contributed by atoms with Gasteiger partial charge < -0.3 is 4.74 Å². The van der Waals surface area contributed by atoms with E-state index in [1.165, 1.54) is 11.1 Å². The molecule has 1 aromatic carbocycles. The standard InChI is InChI=1S/C18H28O/c1-14(2)18-12-8-11-17(13-18)10-7-6-9-16(5)19-15(3)4/h7-8,10-16H,6,9H2,1-5H3/b10-7+/t16-/m0/s1. The van der Waals surface area contributed by atoms with Crippen molar-refractivity contribution in [2.45, 2.75) is 65.6 Å². The zero-order valence-electron chi connectivity index (χ0n) is 13.0. The minimum absolute atomic E-state index is 0.321. The Kier molecular flexibility index (Phi) is 6.86. The largest absolute Gasteiger partial charge is 0.376 e. The Bertz CT molecular complexity index is 390. The molecule has 0 amide bonds. The Balaban J connectivity index is 2.42. The number of rotatable bonds is 7. The van der Waals surface area contributed by atoms with Crippen LogP contribution in [-0.4, -0.2) is 12.2 Å². The Hall–Kier alpha value is -1.08. The van der Waals surface area contributed by atoms with Crippen LogP contribution in [0.5, 0.6) is 0 Å². The molecule has 0 bridgehead atoms. The molecule has 0 aliphatic carbocycles. The van der Waals surface area contributed by atoms with Gasteiger partial charge in [0.15, 0.2) is 0 Å². The minimum Gasteiger partial charge on any atom is -0.376 e. The average Bonchev–Trinajstić information content (AvgIpc) is 2.34. The SMILES string of the molecule is CC(C)O[C@@H](C)CC/C=C/c1cccc(C(C)C)c1. The molecule has 0 aliphatic heterocycles. The van der Waals surface area contributed by atoms with Crippen molar-refractivity contribution >= 4 is 6.08 Å². The van der Waals surface area contributed by atoms with Crippen molar-refractivity contribution in [3.63, 3.8) is 0 Å². The third-order valence-corrected chi connectivity index (χ3v) is 3.13. The highest BCUT2D eigenvalue weighted by Gasteiger charge is 2.03. The zero-order chi connectivity index (χ0) is 14.3. The lowest BCUT2D eigenvalue weighted by Gasteiger charge is -2.14. The van der Waals surface area contributed by atoms with E-state index in [2.05, 4.69) is 71.0 Å². The summed E-state index contributed by atoms with van der Waals surface area (Å²) in [6.07, 6.45) is 7.28. The van der Waals surface area contributed by atoms with Gasteiger partial charge in [-0.25, -0.2) is 0 Å². The molecule has 1 heteroatoms. The summed E-state index contributed by atoms with van der Waals surface area (Å²) in [7, 11) is 0. The van der Waals surface area contributed by atoms with Gasteiger partial charge in [0.25, 0.3) is 0 Å². The molecule has 0 spiro atoms. The third-order valence-electron chi connectivity index (χ3n) is 3.13. The molecule has 0 unspecified atom stereocenters. The quantitative estimate of drug-likeness (QED) is 0.636. The van der Waals surface area contributed by atoms with Gasteiger partial charge in [0, 0.05) is 0 Å². The van der Waals surface area contributed by atoms with Crippen molar-refractivity contribution < 1.29 is 4.74 Å². The van der Waals surface area contributed by atoms with Crippen LogP contribution in [-0.2, 0) is 4.74 Å². The minimum atomic E-state index is 0.321. The highest BCUT2D eigenvalue weighted by Crippen LogP contribution is 2.16. The smallest absolute Gasteiger partial charge is 0.0553 e. The summed E-state index contributed by atoms with van der Waals surface area (Å²) >= 11 is 0. The van der Waals surface area contributed by atoms with Crippen LogP contribution in [0.4, 0.5) is 0 Å². The normalized spacial score (nSPS) is 13.6. The van der Waals surface area contributed by atoms with Crippen LogP contribution in [0.25, 0.3) is 6.08 Å². The van der Waals surface area contributed by atoms with E-state index in [0.717, 1.165) is 12.8 Å². The summed E-state index contributed by atoms with van der Waals surface area (Å²) in [4.78, 5) is 0. The van der Waals surface area contributed by atoms with Gasteiger partial charge in [0.05, 0.1) is 12.2 Å². The van der Waals surface area contributed by atoms with E-state index in [9.17, 15) is 0 Å². The second-order valence-corrected chi connectivity index (χ2v) is 5.80. The van der Waals surface area contributed by atoms with E-state index in [4.69, 9.17) is 4.74 Å². The molecule has 0 saturated heterocycles. The fourth-order valence-corrected chi connectivity index (χ4v) is 2.10. The zero-order valence-corrected chi connectivity index (χ0v) is 13.0. The summed E-state index contributed by atoms with van der Waals surface area (Å²) in [5.41, 5.74) is 2.70. The maximum absolute atomic E-state index is 5.72. The number of ether oxygens (including phenoxy) is 1. The molecule has 0 aliphatic rings. The molecule has 0 radical (unpaired) electrons. The van der Waals surface area contributed by atoms with E-state index in [1.807, 2.05) is 0 Å². The number of hydrogen-bond acceptors (Lipinski definition) is 1. The summed E-state index contributed by atoms with van der Waals surface area (Å²) in [6.45, 7) is 10.8. The van der Waals surface area contributed by atoms with Crippen molar-refractivity contribution in [3.8, 4) is 0 Å². The molecular weight excluding hydrogens is 232 g/mol. The molecule has 1 aromatic rings. The van der Waals surface area contributed by atoms with E-state index >= 15 is 0 Å². The van der Waals surface area contributed by atoms with Gasteiger partial charge >= 0.3 is 0 Å². The second-order valence-electron chi connectivity index (χ2n) is 5.80. The molecule has 0 heterocycles. The Labute approximate surface area is 118 Å². The van der Waals surface area contributed by atoms with Crippen LogP contribution < -0.4 is 0 Å². The maximum Gasteiger partial charge on any atom is 0.0553 e. The molecule has 0 aromatic heterocycles. The van der Waals surface area contributed by atoms with Crippen LogP contribution in [0.2, 0.25) is 0 Å². The highest BCUT2D eigenvalue weighted by atomic mass is 16.5. The van der Waals surface area contributed by atoms with Gasteiger partial charge in [-0.15, -0.1) is 0 Å². The lowest BCUT2D eigenvalue weighted by molar-refractivity contribution is 0.0150. The fourth-order valence-electron chi connectivity index (χ4n) is 2.10. The molecule has 106 valence electrons. The van der Waals surface area contributed by atoms with Crippen molar-refractivity contribution in [2.75, 3.05) is 0 Å². The Morgan fingerprint density at radius 1 is 1.11 bits per heavy atom. The average molecular weight is 260 g/mol. The number of allylic oxidation sites excluding steroid dienone is 1. The number of hydrogen-bond donors (Lipinski definition) is 0. The third kappa shape index (κ3) is 6.58. The molecular formula is C18H28O. The topological polar surface area (TPSA) is 9.23 Å². The first-order valence-electron chi connectivity index (χ1n) is 7.41. The molecule has 0 saturated carbocycles. The van der Waals surface area contributed by atoms with Gasteiger partial charge in [0.1, 0.15) is 0 Å². The van der Waals surface area contributed by atoms with E-state index in [0.29, 0.717) is 18.1 Å². The second kappa shape index (κ2) is 8.16. The molecule has 1 nitrogen and oxygen atoms in total. The predicted octanol–water partition coefficient (Wildman–Crippen LogP) is 5.42. The van der Waals surface area contributed by atoms with Gasteiger partial charge in [-0.05, 0) is 50.7 Å². The Morgan fingerprint density at radius 2 is 1.84 bits per heavy atom. The van der Waals surface area contributed by atoms with Crippen LogP contribution in [0.3, 0.4) is 0 Å². The summed E-state index contributed by atoms with van der Waals surface area (Å²) < 4.78 is 5.72. The maximum atomic E-state index is 5.72. The first kappa shape index (κ1) is 16.0. The van der Waals surface area contributed by atoms with Crippen LogP contribution in [0.15, 0.2) is 30.3 Å². The first-order valence-corrected chi connectivity index (χ1v) is 7.41. The van der Waals surface area contributed by atoms with E-state index < -0.39 is 0 Å². The highest BCUT2D eigenvalue weighted by molar-refractivity contribution is 5.50. The van der Waals surface area contributed by atoms with Crippen LogP contribution in [0, 0.1) is 0 Å². The van der Waals surface area contributed by atoms with Gasteiger partial charge in [0.2, 0.25) is 0 Å². The first-order chi connectivity index (χ1) is 8.99. The van der Waals surface area contributed by atoms with Gasteiger partial charge in [-0.2, -0.15) is 0 Å². The molecule has 1 atom stereocenters. The van der Waals surface area contributed by atoms with Gasteiger partial charge in [-0.1, -0.05) is 50.3 Å². The monoisotopic (exact) mass is 260 g/mol. The van der Waals surface area contributed by atoms with E-state index in [1.54, 1.807) is 0 Å². The van der Waals surface area contributed by atoms with E-state index in [-0.39, 0.29) is 0 Å². The summed E-state index contributed by atoms with van der Waals surface area (Å²) in [6, 6.07) is 8.77. The van der Waals surface area contributed by atoms with Gasteiger partial charge in [-0.3, -0.25) is 0 Å². The summed E-state index contributed by atoms with van der Waals surface area (Å²) in [5, 5.41) is 0. The summed E-state index contributed by atoms with van der Waals surface area (Å²) in [5.74, 6) is 0.591.